The van der Waals surface area contributed by atoms with Gasteiger partial charge in [0.2, 0.25) is 5.95 Å². The maximum Gasteiger partial charge on any atom is 0.223 e. The smallest absolute Gasteiger partial charge is 0.223 e. The number of rotatable bonds is 3. The lowest BCUT2D eigenvalue weighted by Gasteiger charge is -2.05. The highest BCUT2D eigenvalue weighted by Gasteiger charge is 2.01. The quantitative estimate of drug-likeness (QED) is 0.759. The highest BCUT2D eigenvalue weighted by atomic mass is 15.1. The molecule has 1 N–H and O–H groups in total. The molecule has 0 unspecified atom stereocenters. The van der Waals surface area contributed by atoms with Gasteiger partial charge < -0.3 is 9.88 Å². The zero-order valence-corrected chi connectivity index (χ0v) is 10.0. The third kappa shape index (κ3) is 2.02. The monoisotopic (exact) mass is 239 g/mol. The van der Waals surface area contributed by atoms with Gasteiger partial charge in [0.05, 0.1) is 12.1 Å². The van der Waals surface area contributed by atoms with E-state index in [0.29, 0.717) is 12.5 Å². The fourth-order valence-corrected chi connectivity index (χ4v) is 1.78. The van der Waals surface area contributed by atoms with Crippen LogP contribution in [0.1, 0.15) is 5.82 Å². The number of nitrogens with one attached hydrogen (secondary N) is 1. The first-order chi connectivity index (χ1) is 8.83. The lowest BCUT2D eigenvalue weighted by atomic mass is 10.2. The summed E-state index contributed by atoms with van der Waals surface area (Å²) in [6.07, 6.45) is 5.51. The van der Waals surface area contributed by atoms with Gasteiger partial charge in [0.1, 0.15) is 5.82 Å². The molecule has 0 saturated carbocycles. The predicted molar refractivity (Wildman–Crippen MR) is 70.1 cm³/mol. The molecular weight excluding hydrogens is 226 g/mol. The summed E-state index contributed by atoms with van der Waals surface area (Å²) in [6, 6.07) is 7.92. The highest BCUT2D eigenvalue weighted by Crippen LogP contribution is 2.12. The molecular formula is C13H13N5. The molecule has 0 aliphatic carbocycles. The first-order valence-corrected chi connectivity index (χ1v) is 5.75. The van der Waals surface area contributed by atoms with Gasteiger partial charge in [-0.1, -0.05) is 18.2 Å². The van der Waals surface area contributed by atoms with Gasteiger partial charge in [0.15, 0.2) is 0 Å². The van der Waals surface area contributed by atoms with Crippen LogP contribution in [0, 0.1) is 0 Å². The van der Waals surface area contributed by atoms with E-state index in [9.17, 15) is 0 Å². The van der Waals surface area contributed by atoms with E-state index < -0.39 is 0 Å². The molecule has 1 aromatic carbocycles. The van der Waals surface area contributed by atoms with E-state index in [1.165, 1.54) is 0 Å². The predicted octanol–water partition coefficient (Wildman–Crippen LogP) is 1.98. The van der Waals surface area contributed by atoms with Crippen LogP contribution in [0.15, 0.2) is 42.9 Å². The summed E-state index contributed by atoms with van der Waals surface area (Å²) in [6.45, 7) is 0.613. The van der Waals surface area contributed by atoms with Crippen molar-refractivity contribution in [2.45, 2.75) is 6.54 Å². The molecule has 5 nitrogen and oxygen atoms in total. The number of anilines is 1. The van der Waals surface area contributed by atoms with Gasteiger partial charge >= 0.3 is 0 Å². The second kappa shape index (κ2) is 4.44. The number of benzene rings is 1. The van der Waals surface area contributed by atoms with Gasteiger partial charge in [0.25, 0.3) is 0 Å². The van der Waals surface area contributed by atoms with Crippen molar-refractivity contribution in [2.75, 3.05) is 5.32 Å². The minimum atomic E-state index is 0.613. The SMILES string of the molecule is Cn1ccnc1CNc1ncc2ccccc2n1. The van der Waals surface area contributed by atoms with Crippen LogP contribution in [0.3, 0.4) is 0 Å². The number of para-hydroxylation sites is 1. The summed E-state index contributed by atoms with van der Waals surface area (Å²) in [5.41, 5.74) is 0.940. The Hall–Kier alpha value is -2.43. The molecule has 5 heteroatoms. The molecule has 0 fully saturated rings. The van der Waals surface area contributed by atoms with Crippen molar-refractivity contribution < 1.29 is 0 Å². The zero-order chi connectivity index (χ0) is 12.4. The first-order valence-electron chi connectivity index (χ1n) is 5.75. The Bertz CT molecular complexity index is 674. The molecule has 18 heavy (non-hydrogen) atoms. The fourth-order valence-electron chi connectivity index (χ4n) is 1.78. The van der Waals surface area contributed by atoms with Crippen molar-refractivity contribution >= 4 is 16.9 Å². The fraction of sp³-hybridized carbons (Fsp3) is 0.154. The van der Waals surface area contributed by atoms with Gasteiger partial charge in [-0.2, -0.15) is 0 Å². The van der Waals surface area contributed by atoms with Gasteiger partial charge in [-0.3, -0.25) is 0 Å². The number of fused-ring (bicyclic) bond motifs is 1. The Morgan fingerprint density at radius 2 is 2.11 bits per heavy atom. The summed E-state index contributed by atoms with van der Waals surface area (Å²) in [5.74, 6) is 1.57. The average molecular weight is 239 g/mol. The molecule has 90 valence electrons. The second-order valence-electron chi connectivity index (χ2n) is 4.06. The first kappa shape index (κ1) is 10.7. The molecule has 0 aliphatic rings. The topological polar surface area (TPSA) is 55.6 Å². The van der Waals surface area contributed by atoms with Gasteiger partial charge in [-0.05, 0) is 6.07 Å². The minimum absolute atomic E-state index is 0.613. The number of hydrogen-bond acceptors (Lipinski definition) is 4. The molecule has 2 heterocycles. The van der Waals surface area contributed by atoms with Crippen LogP contribution in [0.4, 0.5) is 5.95 Å². The van der Waals surface area contributed by atoms with E-state index in [0.717, 1.165) is 16.7 Å². The molecule has 0 aliphatic heterocycles. The molecule has 0 atom stereocenters. The summed E-state index contributed by atoms with van der Waals surface area (Å²) in [5, 5.41) is 4.22. The van der Waals surface area contributed by atoms with Gasteiger partial charge in [-0.25, -0.2) is 15.0 Å². The van der Waals surface area contributed by atoms with E-state index in [1.54, 1.807) is 6.20 Å². The Kier molecular flexibility index (Phi) is 2.64. The second-order valence-corrected chi connectivity index (χ2v) is 4.06. The molecule has 0 amide bonds. The van der Waals surface area contributed by atoms with E-state index in [4.69, 9.17) is 0 Å². The van der Waals surface area contributed by atoms with Crippen LogP contribution in [0.25, 0.3) is 10.9 Å². The molecule has 0 bridgehead atoms. The summed E-state index contributed by atoms with van der Waals surface area (Å²) >= 11 is 0. The number of hydrogen-bond donors (Lipinski definition) is 1. The molecule has 3 aromatic rings. The van der Waals surface area contributed by atoms with Crippen molar-refractivity contribution in [3.8, 4) is 0 Å². The maximum absolute atomic E-state index is 4.45. The Morgan fingerprint density at radius 3 is 2.94 bits per heavy atom. The molecule has 0 spiro atoms. The van der Waals surface area contributed by atoms with Crippen LogP contribution in [0.5, 0.6) is 0 Å². The Balaban J connectivity index is 1.81. The molecule has 3 rings (SSSR count). The maximum atomic E-state index is 4.45. The van der Waals surface area contributed by atoms with Crippen LogP contribution in [-0.4, -0.2) is 19.5 Å². The highest BCUT2D eigenvalue weighted by molar-refractivity contribution is 5.78. The molecule has 0 saturated heterocycles. The summed E-state index contributed by atoms with van der Waals surface area (Å²) in [4.78, 5) is 13.0. The summed E-state index contributed by atoms with van der Waals surface area (Å²) in [7, 11) is 1.96. The average Bonchev–Trinajstić information content (AvgIpc) is 2.82. The number of nitrogens with zero attached hydrogens (tertiary/aromatic N) is 4. The summed E-state index contributed by atoms with van der Waals surface area (Å²) < 4.78 is 1.97. The van der Waals surface area contributed by atoms with Crippen LogP contribution in [0.2, 0.25) is 0 Å². The third-order valence-corrected chi connectivity index (χ3v) is 2.81. The Labute approximate surface area is 105 Å². The van der Waals surface area contributed by atoms with E-state index >= 15 is 0 Å². The number of aryl methyl sites for hydroxylation is 1. The largest absolute Gasteiger partial charge is 0.347 e. The minimum Gasteiger partial charge on any atom is -0.347 e. The van der Waals surface area contributed by atoms with Gasteiger partial charge in [0, 0.05) is 31.0 Å². The van der Waals surface area contributed by atoms with Crippen molar-refractivity contribution in [3.05, 3.63) is 48.7 Å². The lowest BCUT2D eigenvalue weighted by Crippen LogP contribution is -2.07. The van der Waals surface area contributed by atoms with E-state index in [1.807, 2.05) is 48.3 Å². The van der Waals surface area contributed by atoms with Crippen LogP contribution < -0.4 is 5.32 Å². The van der Waals surface area contributed by atoms with E-state index in [-0.39, 0.29) is 0 Å². The van der Waals surface area contributed by atoms with Gasteiger partial charge in [-0.15, -0.1) is 0 Å². The third-order valence-electron chi connectivity index (χ3n) is 2.81. The normalized spacial score (nSPS) is 10.7. The lowest BCUT2D eigenvalue weighted by molar-refractivity contribution is 0.808. The Morgan fingerprint density at radius 1 is 1.22 bits per heavy atom. The number of imidazole rings is 1. The number of aromatic nitrogens is 4. The standard InChI is InChI=1S/C13H13N5/c1-18-7-6-14-12(18)9-16-13-15-8-10-4-2-3-5-11(10)17-13/h2-8H,9H2,1H3,(H,15,16,17). The molecule has 2 aromatic heterocycles. The zero-order valence-electron chi connectivity index (χ0n) is 10.0. The molecule has 0 radical (unpaired) electrons. The van der Waals surface area contributed by atoms with Crippen molar-refractivity contribution in [3.63, 3.8) is 0 Å². The van der Waals surface area contributed by atoms with Crippen LogP contribution >= 0.6 is 0 Å². The van der Waals surface area contributed by atoms with Crippen LogP contribution in [-0.2, 0) is 13.6 Å². The van der Waals surface area contributed by atoms with Crippen molar-refractivity contribution in [2.24, 2.45) is 7.05 Å². The van der Waals surface area contributed by atoms with Crippen molar-refractivity contribution in [1.29, 1.82) is 0 Å². The van der Waals surface area contributed by atoms with Crippen molar-refractivity contribution in [1.82, 2.24) is 19.5 Å². The van der Waals surface area contributed by atoms with E-state index in [2.05, 4.69) is 20.3 Å².